The minimum Gasteiger partial charge on any atom is -0.480 e. The zero-order chi connectivity index (χ0) is 41.8. The molecule has 5 rings (SSSR count). The van der Waals surface area contributed by atoms with Gasteiger partial charge in [0.15, 0.2) is 12.1 Å². The standard InChI is InChI=1S/C23H32N2O6.C18H24N2O6/c1-23(2,3)31-22(28)25-14-13-24(21(27)29-16-17-9-5-4-6-10-17)15-19(25)20(26)30-18-11-7-8-12-18;1-18(2,3)26-17(24)20-10-9-19(11-14(20)15(21)22)16(23)25-12-13-7-5-4-6-8-13/h4-6,9-10,18-19H,7-8,11-16H2,1-3H3;4-8,14H,9-12H2,1-3H3,(H,21,22). The van der Waals surface area contributed by atoms with E-state index in [9.17, 15) is 33.9 Å². The number of rotatable bonds is 7. The van der Waals surface area contributed by atoms with Crippen LogP contribution in [0.2, 0.25) is 0 Å². The number of nitrogens with zero attached hydrogens (tertiary/aromatic N) is 4. The first-order valence-corrected chi connectivity index (χ1v) is 19.2. The molecule has 4 amide bonds. The maximum absolute atomic E-state index is 12.9. The topological polar surface area (TPSA) is 182 Å². The van der Waals surface area contributed by atoms with E-state index in [2.05, 4.69) is 0 Å². The monoisotopic (exact) mass is 796 g/mol. The third-order valence-electron chi connectivity index (χ3n) is 9.09. The summed E-state index contributed by atoms with van der Waals surface area (Å²) in [6.45, 7) is 11.2. The molecule has 3 aliphatic rings. The molecule has 2 atom stereocenters. The lowest BCUT2D eigenvalue weighted by Crippen LogP contribution is -2.60. The number of carboxylic acids is 1. The summed E-state index contributed by atoms with van der Waals surface area (Å²) in [5.41, 5.74) is 0.290. The molecule has 1 N–H and O–H groups in total. The molecule has 3 fully saturated rings. The number of ether oxygens (including phenoxy) is 5. The fraction of sp³-hybridized carbons (Fsp3) is 0.561. The quantitative estimate of drug-likeness (QED) is 0.253. The Kier molecular flexibility index (Phi) is 15.5. The molecule has 16 heteroatoms. The van der Waals surface area contributed by atoms with Crippen molar-refractivity contribution in [1.29, 1.82) is 0 Å². The molecule has 0 bridgehead atoms. The highest BCUT2D eigenvalue weighted by Gasteiger charge is 2.42. The summed E-state index contributed by atoms with van der Waals surface area (Å²) in [6, 6.07) is 16.5. The van der Waals surface area contributed by atoms with E-state index < -0.39 is 59.6 Å². The van der Waals surface area contributed by atoms with Crippen LogP contribution in [0.25, 0.3) is 0 Å². The average molecular weight is 797 g/mol. The van der Waals surface area contributed by atoms with Gasteiger partial charge in [-0.3, -0.25) is 9.80 Å². The lowest BCUT2D eigenvalue weighted by molar-refractivity contribution is -0.157. The van der Waals surface area contributed by atoms with Crippen molar-refractivity contribution in [2.24, 2.45) is 0 Å². The van der Waals surface area contributed by atoms with Crippen molar-refractivity contribution in [2.45, 2.75) is 110 Å². The summed E-state index contributed by atoms with van der Waals surface area (Å²) in [5.74, 6) is -1.70. The number of hydrogen-bond acceptors (Lipinski definition) is 11. The number of benzene rings is 2. The van der Waals surface area contributed by atoms with Crippen LogP contribution in [0, 0.1) is 0 Å². The van der Waals surface area contributed by atoms with Gasteiger partial charge in [-0.15, -0.1) is 0 Å². The van der Waals surface area contributed by atoms with Gasteiger partial charge in [0, 0.05) is 26.2 Å². The van der Waals surface area contributed by atoms with E-state index in [0.29, 0.717) is 0 Å². The molecule has 2 aromatic carbocycles. The van der Waals surface area contributed by atoms with Crippen LogP contribution < -0.4 is 0 Å². The number of carbonyl (C=O) groups excluding carboxylic acids is 5. The van der Waals surface area contributed by atoms with Gasteiger partial charge in [-0.2, -0.15) is 0 Å². The third-order valence-corrected chi connectivity index (χ3v) is 9.09. The molecule has 2 aromatic rings. The number of piperazine rings is 2. The molecule has 0 radical (unpaired) electrons. The Morgan fingerprint density at radius 1 is 0.596 bits per heavy atom. The van der Waals surface area contributed by atoms with Crippen LogP contribution in [0.1, 0.15) is 78.4 Å². The second-order valence-corrected chi connectivity index (χ2v) is 16.0. The molecule has 2 heterocycles. The van der Waals surface area contributed by atoms with Crippen molar-refractivity contribution in [3.8, 4) is 0 Å². The molecule has 57 heavy (non-hydrogen) atoms. The van der Waals surface area contributed by atoms with E-state index in [1.165, 1.54) is 14.7 Å². The van der Waals surface area contributed by atoms with Gasteiger partial charge < -0.3 is 38.6 Å². The van der Waals surface area contributed by atoms with Crippen LogP contribution in [-0.2, 0) is 46.5 Å². The molecule has 2 aliphatic heterocycles. The van der Waals surface area contributed by atoms with Crippen molar-refractivity contribution in [3.63, 3.8) is 0 Å². The van der Waals surface area contributed by atoms with Crippen molar-refractivity contribution in [3.05, 3.63) is 71.8 Å². The zero-order valence-corrected chi connectivity index (χ0v) is 33.7. The van der Waals surface area contributed by atoms with Crippen LogP contribution >= 0.6 is 0 Å². The molecular weight excluding hydrogens is 740 g/mol. The summed E-state index contributed by atoms with van der Waals surface area (Å²) >= 11 is 0. The Morgan fingerprint density at radius 3 is 1.40 bits per heavy atom. The first-order valence-electron chi connectivity index (χ1n) is 19.2. The highest BCUT2D eigenvalue weighted by atomic mass is 16.6. The second kappa shape index (κ2) is 20.1. The largest absolute Gasteiger partial charge is 0.480 e. The Bertz CT molecular complexity index is 1670. The van der Waals surface area contributed by atoms with Gasteiger partial charge in [0.25, 0.3) is 0 Å². The second-order valence-electron chi connectivity index (χ2n) is 16.0. The van der Waals surface area contributed by atoms with Gasteiger partial charge in [-0.1, -0.05) is 60.7 Å². The summed E-state index contributed by atoms with van der Waals surface area (Å²) in [5, 5.41) is 9.44. The minimum absolute atomic E-state index is 0.0123. The first-order chi connectivity index (χ1) is 26.9. The minimum atomic E-state index is -1.20. The van der Waals surface area contributed by atoms with Crippen LogP contribution in [0.5, 0.6) is 0 Å². The summed E-state index contributed by atoms with van der Waals surface area (Å²) < 4.78 is 27.0. The predicted molar refractivity (Wildman–Crippen MR) is 206 cm³/mol. The van der Waals surface area contributed by atoms with Crippen molar-refractivity contribution in [2.75, 3.05) is 39.3 Å². The molecular formula is C41H56N4O12. The van der Waals surface area contributed by atoms with E-state index >= 15 is 0 Å². The van der Waals surface area contributed by atoms with Gasteiger partial charge in [-0.25, -0.2) is 28.8 Å². The number of amides is 4. The number of carbonyl (C=O) groups is 6. The van der Waals surface area contributed by atoms with E-state index in [4.69, 9.17) is 23.7 Å². The SMILES string of the molecule is CC(C)(C)OC(=O)N1CCN(C(=O)OCc2ccccc2)CC1C(=O)O.CC(C)(C)OC(=O)N1CCN(C(=O)OCc2ccccc2)CC1C(=O)OC1CCCC1. The van der Waals surface area contributed by atoms with Crippen LogP contribution in [0.15, 0.2) is 60.7 Å². The van der Waals surface area contributed by atoms with Crippen LogP contribution in [0.4, 0.5) is 19.2 Å². The van der Waals surface area contributed by atoms with Crippen LogP contribution in [0.3, 0.4) is 0 Å². The normalized spacial score (nSPS) is 18.8. The average Bonchev–Trinajstić information content (AvgIpc) is 3.68. The van der Waals surface area contributed by atoms with Gasteiger partial charge in [-0.05, 0) is 78.4 Å². The maximum atomic E-state index is 12.9. The Balaban J connectivity index is 0.000000257. The molecule has 0 spiro atoms. The number of aliphatic carboxylic acids is 1. The first kappa shape index (κ1) is 44.2. The predicted octanol–water partition coefficient (Wildman–Crippen LogP) is 6.06. The zero-order valence-electron chi connectivity index (χ0n) is 33.7. The van der Waals surface area contributed by atoms with Gasteiger partial charge in [0.1, 0.15) is 30.5 Å². The smallest absolute Gasteiger partial charge is 0.411 e. The number of esters is 1. The maximum Gasteiger partial charge on any atom is 0.411 e. The summed E-state index contributed by atoms with van der Waals surface area (Å²) in [4.78, 5) is 79.5. The number of carboxylic acid groups (broad SMARTS) is 1. The summed E-state index contributed by atoms with van der Waals surface area (Å²) in [7, 11) is 0. The number of hydrogen-bond donors (Lipinski definition) is 1. The van der Waals surface area contributed by atoms with E-state index in [1.807, 2.05) is 60.7 Å². The molecule has 2 unspecified atom stereocenters. The summed E-state index contributed by atoms with van der Waals surface area (Å²) in [6.07, 6.45) is 1.15. The highest BCUT2D eigenvalue weighted by Crippen LogP contribution is 2.24. The molecule has 2 saturated heterocycles. The fourth-order valence-electron chi connectivity index (χ4n) is 6.26. The van der Waals surface area contributed by atoms with E-state index in [-0.39, 0.29) is 58.6 Å². The van der Waals surface area contributed by atoms with Gasteiger partial charge in [0.2, 0.25) is 0 Å². The highest BCUT2D eigenvalue weighted by molar-refractivity contribution is 5.84. The Hall–Kier alpha value is -5.54. The Morgan fingerprint density at radius 2 is 1.00 bits per heavy atom. The molecule has 0 aromatic heterocycles. The van der Waals surface area contributed by atoms with Crippen molar-refractivity contribution >= 4 is 36.3 Å². The van der Waals surface area contributed by atoms with Crippen molar-refractivity contribution in [1.82, 2.24) is 19.6 Å². The lowest BCUT2D eigenvalue weighted by atomic mass is 10.1. The Labute approximate surface area is 333 Å². The third kappa shape index (κ3) is 14.2. The van der Waals surface area contributed by atoms with Gasteiger partial charge >= 0.3 is 36.3 Å². The fourth-order valence-corrected chi connectivity index (χ4v) is 6.26. The van der Waals surface area contributed by atoms with Crippen molar-refractivity contribution < 1.29 is 57.6 Å². The van der Waals surface area contributed by atoms with Crippen LogP contribution in [-0.4, -0.2) is 130 Å². The molecule has 16 nitrogen and oxygen atoms in total. The molecule has 1 saturated carbocycles. The van der Waals surface area contributed by atoms with E-state index in [0.717, 1.165) is 41.7 Å². The molecule has 1 aliphatic carbocycles. The lowest BCUT2D eigenvalue weighted by Gasteiger charge is -2.40. The van der Waals surface area contributed by atoms with E-state index in [1.54, 1.807) is 41.5 Å². The molecule has 312 valence electrons. The van der Waals surface area contributed by atoms with Gasteiger partial charge in [0.05, 0.1) is 13.1 Å².